The Morgan fingerprint density at radius 3 is 2.67 bits per heavy atom. The van der Waals surface area contributed by atoms with Crippen molar-refractivity contribution in [2.24, 2.45) is 0 Å². The van der Waals surface area contributed by atoms with Gasteiger partial charge in [0.1, 0.15) is 17.7 Å². The van der Waals surface area contributed by atoms with E-state index in [0.717, 1.165) is 23.8 Å². The zero-order chi connectivity index (χ0) is 25.4. The van der Waals surface area contributed by atoms with Gasteiger partial charge in [0.05, 0.1) is 28.5 Å². The van der Waals surface area contributed by atoms with Crippen LogP contribution in [0.25, 0.3) is 16.6 Å². The number of fused-ring (bicyclic) bond motifs is 1. The highest BCUT2D eigenvalue weighted by atomic mass is 35.5. The van der Waals surface area contributed by atoms with Crippen LogP contribution >= 0.6 is 11.6 Å². The van der Waals surface area contributed by atoms with E-state index in [0.29, 0.717) is 41.6 Å². The molecule has 11 heteroatoms. The smallest absolute Gasteiger partial charge is 0.410 e. The van der Waals surface area contributed by atoms with Crippen molar-refractivity contribution < 1.29 is 13.9 Å². The number of nitrogens with zero attached hydrogens (tertiary/aromatic N) is 7. The molecule has 0 atom stereocenters. The summed E-state index contributed by atoms with van der Waals surface area (Å²) in [6, 6.07) is 7.01. The van der Waals surface area contributed by atoms with Crippen LogP contribution in [0.5, 0.6) is 0 Å². The Bertz CT molecular complexity index is 1390. The van der Waals surface area contributed by atoms with Gasteiger partial charge in [0.15, 0.2) is 0 Å². The van der Waals surface area contributed by atoms with Crippen LogP contribution in [-0.4, -0.2) is 59.4 Å². The number of rotatable bonds is 4. The molecular formula is C25H27ClFN7O2. The van der Waals surface area contributed by atoms with Crippen molar-refractivity contribution in [3.63, 3.8) is 0 Å². The molecule has 188 valence electrons. The summed E-state index contributed by atoms with van der Waals surface area (Å²) in [6.45, 7) is 7.19. The van der Waals surface area contributed by atoms with Gasteiger partial charge in [-0.1, -0.05) is 11.6 Å². The third kappa shape index (κ3) is 5.04. The molecule has 0 spiro atoms. The van der Waals surface area contributed by atoms with E-state index in [1.807, 2.05) is 51.4 Å². The minimum atomic E-state index is -0.508. The van der Waals surface area contributed by atoms with E-state index in [1.165, 1.54) is 17.1 Å². The fourth-order valence-electron chi connectivity index (χ4n) is 4.53. The number of amides is 1. The molecule has 4 heterocycles. The lowest BCUT2D eigenvalue weighted by atomic mass is 9.90. The minimum Gasteiger partial charge on any atom is -0.444 e. The average Bonchev–Trinajstić information content (AvgIpc) is 3.50. The fourth-order valence-corrected chi connectivity index (χ4v) is 4.76. The molecule has 0 aliphatic carbocycles. The van der Waals surface area contributed by atoms with Gasteiger partial charge in [-0.05, 0) is 73.7 Å². The van der Waals surface area contributed by atoms with Gasteiger partial charge in [0.25, 0.3) is 0 Å². The number of tetrazole rings is 1. The monoisotopic (exact) mass is 511 g/mol. The van der Waals surface area contributed by atoms with Gasteiger partial charge in [0, 0.05) is 36.9 Å². The largest absolute Gasteiger partial charge is 0.444 e. The lowest BCUT2D eigenvalue weighted by molar-refractivity contribution is 0.0205. The van der Waals surface area contributed by atoms with Gasteiger partial charge in [-0.15, -0.1) is 5.10 Å². The third-order valence-corrected chi connectivity index (χ3v) is 6.62. The topological polar surface area (TPSA) is 91.0 Å². The van der Waals surface area contributed by atoms with Gasteiger partial charge in [-0.2, -0.15) is 0 Å². The molecule has 1 saturated heterocycles. The van der Waals surface area contributed by atoms with Gasteiger partial charge < -0.3 is 14.2 Å². The molecule has 1 aromatic carbocycles. The van der Waals surface area contributed by atoms with Crippen LogP contribution < -0.4 is 0 Å². The Morgan fingerprint density at radius 2 is 2.00 bits per heavy atom. The van der Waals surface area contributed by atoms with Crippen molar-refractivity contribution in [3.05, 3.63) is 65.1 Å². The minimum absolute atomic E-state index is 0.261. The average molecular weight is 512 g/mol. The van der Waals surface area contributed by atoms with Crippen LogP contribution in [0.3, 0.4) is 0 Å². The number of carbonyl (C=O) groups is 1. The summed E-state index contributed by atoms with van der Waals surface area (Å²) < 4.78 is 23.7. The zero-order valence-corrected chi connectivity index (χ0v) is 21.1. The van der Waals surface area contributed by atoms with Crippen LogP contribution in [0.4, 0.5) is 9.18 Å². The molecule has 9 nitrogen and oxygen atoms in total. The predicted octanol–water partition coefficient (Wildman–Crippen LogP) is 4.97. The number of likely N-dealkylation sites (tertiary alicyclic amines) is 1. The van der Waals surface area contributed by atoms with Gasteiger partial charge in [-0.3, -0.25) is 4.98 Å². The summed E-state index contributed by atoms with van der Waals surface area (Å²) in [7, 11) is 0. The predicted molar refractivity (Wildman–Crippen MR) is 133 cm³/mol. The molecule has 36 heavy (non-hydrogen) atoms. The second kappa shape index (κ2) is 9.50. The molecule has 1 fully saturated rings. The number of carbonyl (C=O) groups excluding carboxylic acids is 1. The van der Waals surface area contributed by atoms with Crippen LogP contribution in [-0.2, 0) is 11.3 Å². The Kier molecular flexibility index (Phi) is 6.38. The first-order valence-corrected chi connectivity index (χ1v) is 12.2. The number of pyridine rings is 1. The highest BCUT2D eigenvalue weighted by Gasteiger charge is 2.28. The van der Waals surface area contributed by atoms with Gasteiger partial charge >= 0.3 is 6.09 Å². The van der Waals surface area contributed by atoms with Crippen molar-refractivity contribution in [2.75, 3.05) is 13.1 Å². The summed E-state index contributed by atoms with van der Waals surface area (Å²) in [5, 5.41) is 12.3. The molecule has 1 amide bonds. The lowest BCUT2D eigenvalue weighted by Gasteiger charge is -2.33. The van der Waals surface area contributed by atoms with Crippen LogP contribution in [0.2, 0.25) is 5.02 Å². The van der Waals surface area contributed by atoms with Crippen molar-refractivity contribution in [1.29, 1.82) is 0 Å². The number of halogens is 2. The molecule has 0 unspecified atom stereocenters. The highest BCUT2D eigenvalue weighted by Crippen LogP contribution is 2.31. The Morgan fingerprint density at radius 1 is 1.22 bits per heavy atom. The summed E-state index contributed by atoms with van der Waals surface area (Å²) in [5.41, 5.74) is 2.20. The molecule has 0 bridgehead atoms. The van der Waals surface area contributed by atoms with Crippen molar-refractivity contribution in [3.8, 4) is 5.69 Å². The number of ether oxygens (including phenoxy) is 1. The van der Waals surface area contributed by atoms with Crippen LogP contribution in [0.1, 0.15) is 50.8 Å². The summed E-state index contributed by atoms with van der Waals surface area (Å²) in [5.74, 6) is -0.121. The maximum absolute atomic E-state index is 15.0. The highest BCUT2D eigenvalue weighted by molar-refractivity contribution is 6.31. The third-order valence-electron chi connectivity index (χ3n) is 6.29. The molecular weight excluding hydrogens is 485 g/mol. The first kappa shape index (κ1) is 24.2. The maximum Gasteiger partial charge on any atom is 0.410 e. The number of benzene rings is 1. The van der Waals surface area contributed by atoms with Gasteiger partial charge in [0.2, 0.25) is 0 Å². The van der Waals surface area contributed by atoms with Crippen molar-refractivity contribution >= 4 is 28.6 Å². The van der Waals surface area contributed by atoms with E-state index in [9.17, 15) is 4.79 Å². The lowest BCUT2D eigenvalue weighted by Crippen LogP contribution is -2.41. The van der Waals surface area contributed by atoms with Crippen molar-refractivity contribution in [1.82, 2.24) is 34.7 Å². The van der Waals surface area contributed by atoms with E-state index in [-0.39, 0.29) is 17.8 Å². The number of hydrogen-bond donors (Lipinski definition) is 0. The van der Waals surface area contributed by atoms with Crippen LogP contribution in [0, 0.1) is 5.82 Å². The van der Waals surface area contributed by atoms with E-state index in [1.54, 1.807) is 9.47 Å². The molecule has 5 rings (SSSR count). The molecule has 1 aliphatic rings. The molecule has 4 aromatic rings. The van der Waals surface area contributed by atoms with E-state index in [4.69, 9.17) is 16.3 Å². The Balaban J connectivity index is 1.28. The first-order chi connectivity index (χ1) is 17.2. The molecule has 3 aromatic heterocycles. The Labute approximate surface area is 212 Å². The van der Waals surface area contributed by atoms with Crippen molar-refractivity contribution in [2.45, 2.75) is 51.7 Å². The SMILES string of the molecule is CC(C)(C)OC(=O)N1CCC(c2cnc(Cn3ccc4cc(-n5cnnn5)cc(F)c43)c(Cl)c2)CC1. The zero-order valence-electron chi connectivity index (χ0n) is 20.4. The van der Waals surface area contributed by atoms with Gasteiger partial charge in [-0.25, -0.2) is 13.9 Å². The Hall–Kier alpha value is -3.53. The number of hydrogen-bond acceptors (Lipinski definition) is 6. The fraction of sp³-hybridized carbons (Fsp3) is 0.400. The first-order valence-electron chi connectivity index (χ1n) is 11.8. The second-order valence-electron chi connectivity index (χ2n) is 10.0. The molecule has 0 radical (unpaired) electrons. The quantitative estimate of drug-likeness (QED) is 0.384. The maximum atomic E-state index is 15.0. The second-order valence-corrected chi connectivity index (χ2v) is 10.4. The summed E-state index contributed by atoms with van der Waals surface area (Å²) in [4.78, 5) is 18.7. The standard InChI is InChI=1S/C25H27ClFN7O2/c1-25(2,3)36-24(35)32-7-4-16(5-8-32)18-11-20(26)22(28-13-18)14-33-9-6-17-10-19(12-21(27)23(17)33)34-15-29-30-31-34/h6,9-13,15-16H,4-5,7-8,14H2,1-3H3. The summed E-state index contributed by atoms with van der Waals surface area (Å²) >= 11 is 6.62. The van der Waals surface area contributed by atoms with E-state index in [2.05, 4.69) is 20.5 Å². The summed E-state index contributed by atoms with van der Waals surface area (Å²) in [6.07, 6.45) is 6.43. The normalized spacial score (nSPS) is 15.0. The van der Waals surface area contributed by atoms with Crippen LogP contribution in [0.15, 0.2) is 43.0 Å². The van der Waals surface area contributed by atoms with E-state index >= 15 is 4.39 Å². The molecule has 1 aliphatic heterocycles. The number of piperidine rings is 1. The van der Waals surface area contributed by atoms with E-state index < -0.39 is 5.60 Å². The molecule has 0 N–H and O–H groups in total. The number of aromatic nitrogens is 6. The molecule has 0 saturated carbocycles.